The largest absolute Gasteiger partial charge is 0.418 e. The van der Waals surface area contributed by atoms with Crippen LogP contribution in [0.1, 0.15) is 33.4 Å². The van der Waals surface area contributed by atoms with Crippen LogP contribution in [0.2, 0.25) is 0 Å². The van der Waals surface area contributed by atoms with Crippen LogP contribution in [0.3, 0.4) is 0 Å². The monoisotopic (exact) mass is 366 g/mol. The number of benzene rings is 3. The molecule has 0 heterocycles. The second-order valence-corrected chi connectivity index (χ2v) is 6.28. The van der Waals surface area contributed by atoms with Crippen LogP contribution in [0.15, 0.2) is 66.7 Å². The lowest BCUT2D eigenvalue weighted by atomic mass is 9.89. The summed E-state index contributed by atoms with van der Waals surface area (Å²) in [6, 6.07) is 21.2. The second kappa shape index (κ2) is 7.55. The molecule has 3 rings (SSSR count). The Balaban J connectivity index is 2.16. The van der Waals surface area contributed by atoms with Crippen LogP contribution in [0.5, 0.6) is 0 Å². The lowest BCUT2D eigenvalue weighted by molar-refractivity contribution is -0.137. The van der Waals surface area contributed by atoms with Gasteiger partial charge in [0.25, 0.3) is 0 Å². The summed E-state index contributed by atoms with van der Waals surface area (Å²) in [4.78, 5) is 0. The van der Waals surface area contributed by atoms with Gasteiger partial charge in [-0.15, -0.1) is 0 Å². The molecule has 0 radical (unpaired) electrons. The van der Waals surface area contributed by atoms with Crippen molar-refractivity contribution in [2.75, 3.05) is 5.73 Å². The number of nitrogen functional groups attached to an aromatic ring is 1. The fraction of sp³-hybridized carbons (Fsp3) is 0.136. The summed E-state index contributed by atoms with van der Waals surface area (Å²) in [5.74, 6) is 0. The zero-order valence-electron chi connectivity index (χ0n) is 14.4. The van der Waals surface area contributed by atoms with Crippen molar-refractivity contribution in [2.45, 2.75) is 19.0 Å². The molecule has 0 unspecified atom stereocenters. The Kier molecular flexibility index (Phi) is 5.18. The van der Waals surface area contributed by atoms with Gasteiger partial charge < -0.3 is 5.73 Å². The van der Waals surface area contributed by atoms with E-state index in [0.717, 1.165) is 5.56 Å². The Morgan fingerprint density at radius 1 is 0.852 bits per heavy atom. The first-order chi connectivity index (χ1) is 12.9. The molecular formula is C22H17F3N2. The molecule has 2 nitrogen and oxygen atoms in total. The highest BCUT2D eigenvalue weighted by Crippen LogP contribution is 2.40. The van der Waals surface area contributed by atoms with Gasteiger partial charge in [-0.1, -0.05) is 60.7 Å². The maximum absolute atomic E-state index is 13.9. The summed E-state index contributed by atoms with van der Waals surface area (Å²) >= 11 is 0. The zero-order chi connectivity index (χ0) is 19.4. The highest BCUT2D eigenvalue weighted by atomic mass is 19.4. The number of hydrogen-bond donors (Lipinski definition) is 1. The third kappa shape index (κ3) is 4.12. The molecule has 3 aromatic rings. The van der Waals surface area contributed by atoms with Crippen molar-refractivity contribution < 1.29 is 13.2 Å². The van der Waals surface area contributed by atoms with Gasteiger partial charge in [0.15, 0.2) is 0 Å². The molecule has 0 spiro atoms. The third-order valence-electron chi connectivity index (χ3n) is 4.43. The first-order valence-corrected chi connectivity index (χ1v) is 8.39. The molecule has 136 valence electrons. The summed E-state index contributed by atoms with van der Waals surface area (Å²) < 4.78 is 41.6. The van der Waals surface area contributed by atoms with Crippen LogP contribution < -0.4 is 5.73 Å². The molecule has 3 aromatic carbocycles. The quantitative estimate of drug-likeness (QED) is 0.634. The third-order valence-corrected chi connectivity index (χ3v) is 4.43. The van der Waals surface area contributed by atoms with Gasteiger partial charge >= 0.3 is 6.18 Å². The highest BCUT2D eigenvalue weighted by molar-refractivity contribution is 5.65. The van der Waals surface area contributed by atoms with Gasteiger partial charge in [0.1, 0.15) is 0 Å². The Bertz CT molecular complexity index is 972. The first-order valence-electron chi connectivity index (χ1n) is 8.39. The van der Waals surface area contributed by atoms with Gasteiger partial charge in [-0.2, -0.15) is 18.4 Å². The van der Waals surface area contributed by atoms with Crippen molar-refractivity contribution in [1.82, 2.24) is 0 Å². The number of alkyl halides is 3. The smallest absolute Gasteiger partial charge is 0.398 e. The minimum Gasteiger partial charge on any atom is -0.398 e. The summed E-state index contributed by atoms with van der Waals surface area (Å²) in [7, 11) is 0. The van der Waals surface area contributed by atoms with Gasteiger partial charge in [0.2, 0.25) is 0 Å². The second-order valence-electron chi connectivity index (χ2n) is 6.28. The molecule has 0 atom stereocenters. The molecule has 0 amide bonds. The van der Waals surface area contributed by atoms with E-state index in [4.69, 9.17) is 5.73 Å². The number of nitriles is 1. The van der Waals surface area contributed by atoms with E-state index < -0.39 is 11.7 Å². The number of anilines is 1. The molecule has 0 aromatic heterocycles. The maximum atomic E-state index is 13.9. The van der Waals surface area contributed by atoms with E-state index in [1.807, 2.05) is 36.4 Å². The Hall–Kier alpha value is -3.26. The predicted octanol–water partition coefficient (Wildman–Crippen LogP) is 5.34. The molecule has 0 aliphatic carbocycles. The molecule has 2 N–H and O–H groups in total. The molecule has 27 heavy (non-hydrogen) atoms. The number of nitrogens with two attached hydrogens (primary N) is 1. The van der Waals surface area contributed by atoms with E-state index in [-0.39, 0.29) is 29.7 Å². The molecule has 0 fully saturated rings. The van der Waals surface area contributed by atoms with Gasteiger partial charge in [0.05, 0.1) is 17.2 Å². The SMILES string of the molecule is N#Cc1cc(Cc2ccccc2)c(N)c(C(F)(F)F)c1Cc1ccccc1. The molecule has 0 aliphatic rings. The van der Waals surface area contributed by atoms with E-state index in [0.29, 0.717) is 11.1 Å². The van der Waals surface area contributed by atoms with Crippen LogP contribution in [-0.4, -0.2) is 0 Å². The Morgan fingerprint density at radius 2 is 1.37 bits per heavy atom. The van der Waals surface area contributed by atoms with Crippen molar-refractivity contribution >= 4 is 5.69 Å². The first kappa shape index (κ1) is 18.5. The summed E-state index contributed by atoms with van der Waals surface area (Å²) in [6.45, 7) is 0. The number of nitrogens with zero attached hydrogens (tertiary/aromatic N) is 1. The van der Waals surface area contributed by atoms with Crippen molar-refractivity contribution in [2.24, 2.45) is 0 Å². The van der Waals surface area contributed by atoms with Gasteiger partial charge in [-0.3, -0.25) is 0 Å². The van der Waals surface area contributed by atoms with Gasteiger partial charge in [-0.25, -0.2) is 0 Å². The maximum Gasteiger partial charge on any atom is 0.418 e. The molecule has 0 saturated carbocycles. The topological polar surface area (TPSA) is 49.8 Å². The fourth-order valence-electron chi connectivity index (χ4n) is 3.17. The van der Waals surface area contributed by atoms with Crippen molar-refractivity contribution in [3.8, 4) is 6.07 Å². The van der Waals surface area contributed by atoms with Crippen LogP contribution in [0.4, 0.5) is 18.9 Å². The van der Waals surface area contributed by atoms with E-state index in [1.54, 1.807) is 30.3 Å². The molecule has 0 bridgehead atoms. The number of halogens is 3. The van der Waals surface area contributed by atoms with Gasteiger partial charge in [0, 0.05) is 5.69 Å². The molecular weight excluding hydrogens is 349 g/mol. The van der Waals surface area contributed by atoms with Crippen molar-refractivity contribution in [3.63, 3.8) is 0 Å². The van der Waals surface area contributed by atoms with Crippen molar-refractivity contribution in [3.05, 3.63) is 100 Å². The minimum absolute atomic E-state index is 0.00556. The van der Waals surface area contributed by atoms with Gasteiger partial charge in [-0.05, 0) is 41.2 Å². The zero-order valence-corrected chi connectivity index (χ0v) is 14.4. The fourth-order valence-corrected chi connectivity index (χ4v) is 3.17. The molecule has 0 saturated heterocycles. The van der Waals surface area contributed by atoms with Crippen LogP contribution in [0.25, 0.3) is 0 Å². The molecule has 0 aliphatic heterocycles. The molecule has 5 heteroatoms. The number of rotatable bonds is 4. The standard InChI is InChI=1S/C22H17F3N2/c23-22(24,25)20-19(12-16-9-5-2-6-10-16)18(14-26)13-17(21(20)27)11-15-7-3-1-4-8-15/h1-10,13H,11-12,27H2. The average Bonchev–Trinajstić information content (AvgIpc) is 2.64. The number of hydrogen-bond acceptors (Lipinski definition) is 2. The lowest BCUT2D eigenvalue weighted by Crippen LogP contribution is -2.16. The van der Waals surface area contributed by atoms with Crippen LogP contribution in [0, 0.1) is 11.3 Å². The minimum atomic E-state index is -4.65. The van der Waals surface area contributed by atoms with E-state index in [9.17, 15) is 18.4 Å². The Labute approximate surface area is 155 Å². The van der Waals surface area contributed by atoms with E-state index in [2.05, 4.69) is 0 Å². The van der Waals surface area contributed by atoms with E-state index in [1.165, 1.54) is 6.07 Å². The summed E-state index contributed by atoms with van der Waals surface area (Å²) in [5.41, 5.74) is 6.51. The normalized spacial score (nSPS) is 11.2. The average molecular weight is 366 g/mol. The van der Waals surface area contributed by atoms with Crippen LogP contribution in [-0.2, 0) is 19.0 Å². The lowest BCUT2D eigenvalue weighted by Gasteiger charge is -2.20. The summed E-state index contributed by atoms with van der Waals surface area (Å²) in [6.07, 6.45) is -4.42. The van der Waals surface area contributed by atoms with E-state index >= 15 is 0 Å². The predicted molar refractivity (Wildman–Crippen MR) is 99.1 cm³/mol. The van der Waals surface area contributed by atoms with Crippen molar-refractivity contribution in [1.29, 1.82) is 5.26 Å². The highest BCUT2D eigenvalue weighted by Gasteiger charge is 2.38. The van der Waals surface area contributed by atoms with Crippen LogP contribution >= 0.6 is 0 Å². The summed E-state index contributed by atoms with van der Waals surface area (Å²) in [5, 5.41) is 9.51. The Morgan fingerprint density at radius 3 is 1.85 bits per heavy atom.